The Morgan fingerprint density at radius 1 is 1.00 bits per heavy atom. The molecule has 0 radical (unpaired) electrons. The number of aromatic nitrogens is 2. The van der Waals surface area contributed by atoms with Gasteiger partial charge in [0.15, 0.2) is 6.54 Å². The molecule has 2 aromatic carbocycles. The van der Waals surface area contributed by atoms with Gasteiger partial charge < -0.3 is 17.0 Å². The van der Waals surface area contributed by atoms with E-state index in [4.69, 9.17) is 0 Å². The smallest absolute Gasteiger partial charge is 0.245 e. The molecule has 1 heterocycles. The number of aryl methyl sites for hydroxylation is 1. The molecule has 0 bridgehead atoms. The van der Waals surface area contributed by atoms with Crippen LogP contribution in [-0.4, -0.2) is 21.9 Å². The van der Waals surface area contributed by atoms with Gasteiger partial charge in [0.1, 0.15) is 5.82 Å². The summed E-state index contributed by atoms with van der Waals surface area (Å²) in [6.07, 6.45) is 1.56. The third-order valence-electron chi connectivity index (χ3n) is 4.50. The van der Waals surface area contributed by atoms with Crippen LogP contribution in [-0.2, 0) is 13.6 Å². The van der Waals surface area contributed by atoms with Crippen molar-refractivity contribution in [3.05, 3.63) is 88.8 Å². The van der Waals surface area contributed by atoms with Crippen LogP contribution in [0.2, 0.25) is 0 Å². The summed E-state index contributed by atoms with van der Waals surface area (Å²) < 4.78 is 16.1. The van der Waals surface area contributed by atoms with Crippen LogP contribution < -0.4 is 21.5 Å². The molecule has 1 aromatic heterocycles. The van der Waals surface area contributed by atoms with Crippen LogP contribution in [0.4, 0.5) is 4.39 Å². The Morgan fingerprint density at radius 3 is 2.22 bits per heavy atom. The zero-order valence-electron chi connectivity index (χ0n) is 14.3. The van der Waals surface area contributed by atoms with Crippen molar-refractivity contribution in [1.82, 2.24) is 4.57 Å². The van der Waals surface area contributed by atoms with E-state index in [0.717, 1.165) is 0 Å². The molecule has 0 aliphatic heterocycles. The van der Waals surface area contributed by atoms with Gasteiger partial charge in [-0.3, -0.25) is 14.4 Å². The number of hydrogen-bond acceptors (Lipinski definition) is 3. The van der Waals surface area contributed by atoms with Crippen molar-refractivity contribution in [2.75, 3.05) is 0 Å². The van der Waals surface area contributed by atoms with Gasteiger partial charge in [0.2, 0.25) is 35.1 Å². The number of hydrogen-bond donors (Lipinski definition) is 0. The highest BCUT2D eigenvalue weighted by atomic mass is 79.9. The van der Waals surface area contributed by atoms with Crippen molar-refractivity contribution in [3.8, 4) is 0 Å². The second-order valence-corrected chi connectivity index (χ2v) is 6.19. The molecule has 0 saturated carbocycles. The quantitative estimate of drug-likeness (QED) is 0.314. The van der Waals surface area contributed by atoms with Gasteiger partial charge in [0.05, 0.1) is 7.05 Å². The summed E-state index contributed by atoms with van der Waals surface area (Å²) in [5.74, 6) is -1.24. The van der Waals surface area contributed by atoms with Crippen molar-refractivity contribution >= 4 is 17.3 Å². The van der Waals surface area contributed by atoms with Gasteiger partial charge in [-0.15, -0.1) is 0 Å². The third kappa shape index (κ3) is 3.04. The Morgan fingerprint density at radius 2 is 1.59 bits per heavy atom. The zero-order valence-corrected chi connectivity index (χ0v) is 15.9. The zero-order chi connectivity index (χ0) is 18.4. The second kappa shape index (κ2) is 7.00. The number of Topliss-reactive ketones (excluding diaryl/α,β-unsaturated/α-hetero) is 1. The third-order valence-corrected chi connectivity index (χ3v) is 4.50. The molecule has 27 heavy (non-hydrogen) atoms. The van der Waals surface area contributed by atoms with E-state index in [1.54, 1.807) is 42.2 Å². The van der Waals surface area contributed by atoms with E-state index >= 15 is 0 Å². The molecule has 7 heteroatoms. The van der Waals surface area contributed by atoms with E-state index in [-0.39, 0.29) is 52.3 Å². The molecule has 0 N–H and O–H groups in total. The van der Waals surface area contributed by atoms with E-state index in [1.165, 1.54) is 28.8 Å². The fourth-order valence-electron chi connectivity index (χ4n) is 3.27. The molecule has 0 spiro atoms. The maximum Gasteiger partial charge on any atom is 0.245 e. The summed E-state index contributed by atoms with van der Waals surface area (Å²) in [5, 5.41) is 0. The first-order valence-electron chi connectivity index (χ1n) is 8.03. The Bertz CT molecular complexity index is 1090. The standard InChI is InChI=1S/C20H14FN2O3.BrH/c1-22-11-23(10-16(24)12-6-8-13(21)9-7-12)18-17(22)19(25)14-4-2-3-5-15(14)20(18)26;/h2-9,11H,10H2,1H3;1H/q+1;/p-1. The lowest BCUT2D eigenvalue weighted by Gasteiger charge is -2.12. The maximum absolute atomic E-state index is 13.0. The number of imidazole rings is 1. The van der Waals surface area contributed by atoms with Crippen LogP contribution in [0.5, 0.6) is 0 Å². The predicted octanol–water partition coefficient (Wildman–Crippen LogP) is -0.886. The Hall–Kier alpha value is -2.93. The number of rotatable bonds is 3. The molecule has 0 unspecified atom stereocenters. The maximum atomic E-state index is 13.0. The van der Waals surface area contributed by atoms with Crippen molar-refractivity contribution in [1.29, 1.82) is 0 Å². The van der Waals surface area contributed by atoms with Crippen LogP contribution in [0, 0.1) is 5.82 Å². The van der Waals surface area contributed by atoms with Gasteiger partial charge in [-0.05, 0) is 24.3 Å². The number of carbonyl (C=O) groups is 3. The van der Waals surface area contributed by atoms with E-state index in [1.807, 2.05) is 0 Å². The summed E-state index contributed by atoms with van der Waals surface area (Å²) >= 11 is 0. The molecule has 0 atom stereocenters. The second-order valence-electron chi connectivity index (χ2n) is 6.19. The Labute approximate surface area is 164 Å². The molecule has 4 rings (SSSR count). The summed E-state index contributed by atoms with van der Waals surface area (Å²) in [5.41, 5.74) is 1.50. The minimum absolute atomic E-state index is 0. The lowest BCUT2D eigenvalue weighted by Crippen LogP contribution is -3.00. The SMILES string of the molecule is C[n+]1cn(CC(=O)c2ccc(F)cc2)c2c1C(=O)c1ccccc1C2=O.[Br-]. The molecule has 1 aliphatic carbocycles. The number of halogens is 2. The number of carbonyl (C=O) groups excluding carboxylic acids is 3. The molecular formula is C20H14BrFN2O3. The van der Waals surface area contributed by atoms with E-state index in [2.05, 4.69) is 0 Å². The normalized spacial score (nSPS) is 12.2. The van der Waals surface area contributed by atoms with Gasteiger partial charge in [0.25, 0.3) is 0 Å². The Balaban J connectivity index is 0.00000210. The van der Waals surface area contributed by atoms with E-state index in [9.17, 15) is 18.8 Å². The molecular weight excluding hydrogens is 415 g/mol. The van der Waals surface area contributed by atoms with Crippen molar-refractivity contribution in [3.63, 3.8) is 0 Å². The first kappa shape index (κ1) is 18.8. The van der Waals surface area contributed by atoms with Crippen LogP contribution >= 0.6 is 0 Å². The summed E-state index contributed by atoms with van der Waals surface area (Å²) in [4.78, 5) is 38.2. The molecule has 0 amide bonds. The van der Waals surface area contributed by atoms with Crippen LogP contribution in [0.1, 0.15) is 42.5 Å². The molecule has 0 fully saturated rings. The lowest BCUT2D eigenvalue weighted by molar-refractivity contribution is -0.672. The fourth-order valence-corrected chi connectivity index (χ4v) is 3.27. The van der Waals surface area contributed by atoms with Crippen molar-refractivity contribution < 1.29 is 40.3 Å². The van der Waals surface area contributed by atoms with E-state index < -0.39 is 5.82 Å². The van der Waals surface area contributed by atoms with Crippen LogP contribution in [0.25, 0.3) is 0 Å². The van der Waals surface area contributed by atoms with Gasteiger partial charge in [-0.1, -0.05) is 24.3 Å². The lowest BCUT2D eigenvalue weighted by atomic mass is 9.90. The average Bonchev–Trinajstić information content (AvgIpc) is 2.96. The van der Waals surface area contributed by atoms with E-state index in [0.29, 0.717) is 16.7 Å². The molecule has 5 nitrogen and oxygen atoms in total. The minimum atomic E-state index is -0.427. The monoisotopic (exact) mass is 428 g/mol. The largest absolute Gasteiger partial charge is 1.00 e. The number of benzene rings is 2. The highest BCUT2D eigenvalue weighted by molar-refractivity contribution is 6.26. The van der Waals surface area contributed by atoms with Gasteiger partial charge in [-0.2, -0.15) is 0 Å². The van der Waals surface area contributed by atoms with Crippen LogP contribution in [0.15, 0.2) is 54.9 Å². The van der Waals surface area contributed by atoms with Crippen molar-refractivity contribution in [2.45, 2.75) is 6.54 Å². The predicted molar refractivity (Wildman–Crippen MR) is 89.6 cm³/mol. The number of ketones is 3. The topological polar surface area (TPSA) is 60.0 Å². The van der Waals surface area contributed by atoms with Crippen LogP contribution in [0.3, 0.4) is 0 Å². The van der Waals surface area contributed by atoms with Crippen molar-refractivity contribution in [2.24, 2.45) is 7.05 Å². The van der Waals surface area contributed by atoms with Gasteiger partial charge >= 0.3 is 0 Å². The summed E-state index contributed by atoms with van der Waals surface area (Å²) in [6.45, 7) is -0.115. The van der Waals surface area contributed by atoms with Gasteiger partial charge in [-0.25, -0.2) is 13.5 Å². The first-order chi connectivity index (χ1) is 12.5. The molecule has 3 aromatic rings. The first-order valence-corrected chi connectivity index (χ1v) is 8.03. The van der Waals surface area contributed by atoms with Gasteiger partial charge in [0, 0.05) is 16.7 Å². The minimum Gasteiger partial charge on any atom is -1.00 e. The number of fused-ring (bicyclic) bond motifs is 2. The number of nitrogens with zero attached hydrogens (tertiary/aromatic N) is 2. The summed E-state index contributed by atoms with van der Waals surface area (Å²) in [6, 6.07) is 11.9. The highest BCUT2D eigenvalue weighted by Gasteiger charge is 2.40. The fraction of sp³-hybridized carbons (Fsp3) is 0.100. The Kier molecular flexibility index (Phi) is 4.89. The molecule has 0 saturated heterocycles. The summed E-state index contributed by atoms with van der Waals surface area (Å²) in [7, 11) is 1.66. The molecule has 136 valence electrons. The highest BCUT2D eigenvalue weighted by Crippen LogP contribution is 2.25. The molecule has 1 aliphatic rings. The average molecular weight is 429 g/mol.